The van der Waals surface area contributed by atoms with E-state index in [9.17, 15) is 0 Å². The molecule has 0 unspecified atom stereocenters. The van der Waals surface area contributed by atoms with E-state index in [2.05, 4.69) is 4.98 Å². The first-order chi connectivity index (χ1) is 9.76. The molecule has 0 fully saturated rings. The van der Waals surface area contributed by atoms with Gasteiger partial charge in [0, 0.05) is 0 Å². The molecule has 1 heterocycles. The molecule has 3 rings (SSSR count). The summed E-state index contributed by atoms with van der Waals surface area (Å²) in [6.45, 7) is 0.176. The molecule has 1 aromatic heterocycles. The molecule has 0 atom stereocenters. The van der Waals surface area contributed by atoms with Crippen LogP contribution >= 0.6 is 11.6 Å². The van der Waals surface area contributed by atoms with Crippen LogP contribution in [0, 0.1) is 0 Å². The zero-order chi connectivity index (χ0) is 13.9. The summed E-state index contributed by atoms with van der Waals surface area (Å²) in [6, 6.07) is 12.6. The van der Waals surface area contributed by atoms with E-state index in [0.29, 0.717) is 22.2 Å². The summed E-state index contributed by atoms with van der Waals surface area (Å²) >= 11 is 6.00. The van der Waals surface area contributed by atoms with Crippen LogP contribution in [0.4, 0.5) is 0 Å². The summed E-state index contributed by atoms with van der Waals surface area (Å²) in [5.74, 6) is 1.06. The Morgan fingerprint density at radius 3 is 2.85 bits per heavy atom. The standard InChI is InChI=1S/C15H12ClNO3/c16-11-3-1-2-4-13(11)19-9-15-17-12-6-5-10(8-18)7-14(12)20-15/h1-7,18H,8-9H2. The zero-order valence-corrected chi connectivity index (χ0v) is 11.3. The van der Waals surface area contributed by atoms with Crippen molar-refractivity contribution in [1.82, 2.24) is 4.98 Å². The highest BCUT2D eigenvalue weighted by atomic mass is 35.5. The van der Waals surface area contributed by atoms with E-state index in [1.807, 2.05) is 24.3 Å². The molecule has 0 amide bonds. The summed E-state index contributed by atoms with van der Waals surface area (Å²) < 4.78 is 11.2. The number of aromatic nitrogens is 1. The number of ether oxygens (including phenoxy) is 1. The van der Waals surface area contributed by atoms with Crippen LogP contribution in [0.3, 0.4) is 0 Å². The molecule has 0 saturated heterocycles. The van der Waals surface area contributed by atoms with Crippen LogP contribution in [0.25, 0.3) is 11.1 Å². The summed E-state index contributed by atoms with van der Waals surface area (Å²) in [7, 11) is 0. The normalized spacial score (nSPS) is 10.9. The van der Waals surface area contributed by atoms with Crippen LogP contribution in [0.5, 0.6) is 5.75 Å². The quantitative estimate of drug-likeness (QED) is 0.798. The number of hydrogen-bond donors (Lipinski definition) is 1. The van der Waals surface area contributed by atoms with Gasteiger partial charge in [-0.2, -0.15) is 0 Å². The lowest BCUT2D eigenvalue weighted by Gasteiger charge is -2.04. The molecule has 5 heteroatoms. The number of nitrogens with zero attached hydrogens (tertiary/aromatic N) is 1. The zero-order valence-electron chi connectivity index (χ0n) is 10.5. The Bertz CT molecular complexity index is 739. The highest BCUT2D eigenvalue weighted by Crippen LogP contribution is 2.25. The van der Waals surface area contributed by atoms with Crippen LogP contribution in [-0.4, -0.2) is 10.1 Å². The van der Waals surface area contributed by atoms with Crippen LogP contribution < -0.4 is 4.74 Å². The minimum absolute atomic E-state index is 0.0257. The van der Waals surface area contributed by atoms with E-state index >= 15 is 0 Å². The van der Waals surface area contributed by atoms with Crippen molar-refractivity contribution in [3.05, 3.63) is 58.9 Å². The van der Waals surface area contributed by atoms with Crippen LogP contribution in [0.15, 0.2) is 46.9 Å². The van der Waals surface area contributed by atoms with Crippen LogP contribution in [0.1, 0.15) is 11.5 Å². The number of aliphatic hydroxyl groups is 1. The van der Waals surface area contributed by atoms with Gasteiger partial charge in [0.25, 0.3) is 0 Å². The fourth-order valence-electron chi connectivity index (χ4n) is 1.88. The maximum absolute atomic E-state index is 9.09. The maximum atomic E-state index is 9.09. The summed E-state index contributed by atoms with van der Waals surface area (Å²) in [5.41, 5.74) is 2.15. The van der Waals surface area contributed by atoms with Crippen LogP contribution in [0.2, 0.25) is 5.02 Å². The Morgan fingerprint density at radius 2 is 2.05 bits per heavy atom. The molecule has 1 N–H and O–H groups in total. The molecule has 0 saturated carbocycles. The third kappa shape index (κ3) is 2.61. The van der Waals surface area contributed by atoms with Gasteiger partial charge in [-0.15, -0.1) is 0 Å². The molecule has 4 nitrogen and oxygen atoms in total. The van der Waals surface area contributed by atoms with Gasteiger partial charge in [0.15, 0.2) is 12.2 Å². The molecule has 102 valence electrons. The molecular weight excluding hydrogens is 278 g/mol. The van der Waals surface area contributed by atoms with Gasteiger partial charge in [-0.3, -0.25) is 0 Å². The Kier molecular flexibility index (Phi) is 3.58. The molecule has 2 aromatic carbocycles. The molecule has 0 aliphatic rings. The number of halogens is 1. The fourth-order valence-corrected chi connectivity index (χ4v) is 2.07. The predicted molar refractivity (Wildman–Crippen MR) is 75.7 cm³/mol. The van der Waals surface area contributed by atoms with Gasteiger partial charge in [-0.25, -0.2) is 4.98 Å². The molecule has 0 bridgehead atoms. The fraction of sp³-hybridized carbons (Fsp3) is 0.133. The monoisotopic (exact) mass is 289 g/mol. The van der Waals surface area contributed by atoms with Crippen molar-refractivity contribution in [3.8, 4) is 5.75 Å². The Hall–Kier alpha value is -2.04. The average molecular weight is 290 g/mol. The second kappa shape index (κ2) is 5.53. The van der Waals surface area contributed by atoms with Gasteiger partial charge < -0.3 is 14.3 Å². The van der Waals surface area contributed by atoms with E-state index in [-0.39, 0.29) is 13.2 Å². The average Bonchev–Trinajstić information content (AvgIpc) is 2.88. The van der Waals surface area contributed by atoms with Crippen molar-refractivity contribution in [1.29, 1.82) is 0 Å². The Morgan fingerprint density at radius 1 is 1.20 bits per heavy atom. The molecule has 0 radical (unpaired) electrons. The van der Waals surface area contributed by atoms with Gasteiger partial charge in [-0.05, 0) is 29.8 Å². The third-order valence-corrected chi connectivity index (χ3v) is 3.18. The van der Waals surface area contributed by atoms with Gasteiger partial charge in [0.1, 0.15) is 11.3 Å². The summed E-state index contributed by atoms with van der Waals surface area (Å²) in [6.07, 6.45) is 0. The smallest absolute Gasteiger partial charge is 0.233 e. The lowest BCUT2D eigenvalue weighted by atomic mass is 10.2. The molecular formula is C15H12ClNO3. The van der Waals surface area contributed by atoms with E-state index in [1.54, 1.807) is 18.2 Å². The van der Waals surface area contributed by atoms with E-state index < -0.39 is 0 Å². The number of para-hydroxylation sites is 1. The minimum atomic E-state index is -0.0257. The van der Waals surface area contributed by atoms with Crippen molar-refractivity contribution in [2.24, 2.45) is 0 Å². The molecule has 20 heavy (non-hydrogen) atoms. The topological polar surface area (TPSA) is 55.5 Å². The van der Waals surface area contributed by atoms with E-state index in [4.69, 9.17) is 25.9 Å². The minimum Gasteiger partial charge on any atom is -0.482 e. The second-order valence-electron chi connectivity index (χ2n) is 4.29. The van der Waals surface area contributed by atoms with Crippen molar-refractivity contribution in [2.75, 3.05) is 0 Å². The van der Waals surface area contributed by atoms with Gasteiger partial charge >= 0.3 is 0 Å². The van der Waals surface area contributed by atoms with Crippen molar-refractivity contribution < 1.29 is 14.3 Å². The Labute approximate surface area is 120 Å². The number of benzene rings is 2. The van der Waals surface area contributed by atoms with Crippen LogP contribution in [-0.2, 0) is 13.2 Å². The number of hydrogen-bond acceptors (Lipinski definition) is 4. The van der Waals surface area contributed by atoms with Gasteiger partial charge in [-0.1, -0.05) is 29.8 Å². The second-order valence-corrected chi connectivity index (χ2v) is 4.69. The summed E-state index contributed by atoms with van der Waals surface area (Å²) in [5, 5.41) is 9.63. The first-order valence-corrected chi connectivity index (χ1v) is 6.50. The molecule has 3 aromatic rings. The molecule has 0 aliphatic carbocycles. The first-order valence-electron chi connectivity index (χ1n) is 6.13. The number of rotatable bonds is 4. The SMILES string of the molecule is OCc1ccc2nc(COc3ccccc3Cl)oc2c1. The predicted octanol–water partition coefficient (Wildman–Crippen LogP) is 3.55. The highest BCUT2D eigenvalue weighted by molar-refractivity contribution is 6.32. The lowest BCUT2D eigenvalue weighted by molar-refractivity contribution is 0.267. The first kappa shape index (κ1) is 13.0. The van der Waals surface area contributed by atoms with E-state index in [0.717, 1.165) is 11.1 Å². The highest BCUT2D eigenvalue weighted by Gasteiger charge is 2.08. The number of oxazole rings is 1. The molecule has 0 spiro atoms. The number of fused-ring (bicyclic) bond motifs is 1. The summed E-state index contributed by atoms with van der Waals surface area (Å²) in [4.78, 5) is 4.32. The molecule has 0 aliphatic heterocycles. The van der Waals surface area contributed by atoms with Gasteiger partial charge in [0.05, 0.1) is 11.6 Å². The lowest BCUT2D eigenvalue weighted by Crippen LogP contribution is -1.95. The Balaban J connectivity index is 1.79. The largest absolute Gasteiger partial charge is 0.482 e. The number of aliphatic hydroxyl groups excluding tert-OH is 1. The van der Waals surface area contributed by atoms with Crippen molar-refractivity contribution in [3.63, 3.8) is 0 Å². The van der Waals surface area contributed by atoms with Crippen molar-refractivity contribution in [2.45, 2.75) is 13.2 Å². The van der Waals surface area contributed by atoms with Gasteiger partial charge in [0.2, 0.25) is 5.89 Å². The van der Waals surface area contributed by atoms with E-state index in [1.165, 1.54) is 0 Å². The van der Waals surface area contributed by atoms with Crippen molar-refractivity contribution >= 4 is 22.7 Å². The third-order valence-electron chi connectivity index (χ3n) is 2.87. The maximum Gasteiger partial charge on any atom is 0.233 e.